The third-order valence-electron chi connectivity index (χ3n) is 5.78. The predicted molar refractivity (Wildman–Crippen MR) is 108 cm³/mol. The van der Waals surface area contributed by atoms with Gasteiger partial charge in [-0.15, -0.1) is 0 Å². The molecular weight excluding hydrogens is 334 g/mol. The summed E-state index contributed by atoms with van der Waals surface area (Å²) >= 11 is 0. The first kappa shape index (κ1) is 17.5. The molecule has 27 heavy (non-hydrogen) atoms. The molecule has 3 heterocycles. The van der Waals surface area contributed by atoms with Gasteiger partial charge in [0.05, 0.1) is 17.3 Å². The average Bonchev–Trinajstić information content (AvgIpc) is 3.25. The Morgan fingerprint density at radius 1 is 1.11 bits per heavy atom. The van der Waals surface area contributed by atoms with Crippen molar-refractivity contribution in [3.05, 3.63) is 46.8 Å². The predicted octanol–water partition coefficient (Wildman–Crippen LogP) is 4.44. The number of rotatable bonds is 4. The fourth-order valence-corrected chi connectivity index (χ4v) is 4.34. The Hall–Kier alpha value is -2.87. The number of benzene rings is 1. The first-order chi connectivity index (χ1) is 13.1. The van der Waals surface area contributed by atoms with Gasteiger partial charge in [0.1, 0.15) is 5.82 Å². The summed E-state index contributed by atoms with van der Waals surface area (Å²) in [6.07, 6.45) is 3.29. The van der Waals surface area contributed by atoms with Crippen LogP contribution in [0.4, 0.5) is 5.82 Å². The van der Waals surface area contributed by atoms with Crippen LogP contribution in [-0.2, 0) is 6.42 Å². The van der Waals surface area contributed by atoms with Gasteiger partial charge in [-0.1, -0.05) is 26.0 Å². The summed E-state index contributed by atoms with van der Waals surface area (Å²) in [5, 5.41) is 14.0. The molecule has 0 amide bonds. The van der Waals surface area contributed by atoms with Crippen molar-refractivity contribution in [2.45, 2.75) is 53.0 Å². The number of hydrogen-bond acceptors (Lipinski definition) is 4. The van der Waals surface area contributed by atoms with Gasteiger partial charge in [0.15, 0.2) is 5.65 Å². The minimum Gasteiger partial charge on any atom is -0.353 e. The zero-order chi connectivity index (χ0) is 19.1. The Morgan fingerprint density at radius 3 is 2.44 bits per heavy atom. The van der Waals surface area contributed by atoms with Crippen LogP contribution in [0.1, 0.15) is 49.2 Å². The fourth-order valence-electron chi connectivity index (χ4n) is 4.34. The zero-order valence-electron chi connectivity index (χ0n) is 16.5. The van der Waals surface area contributed by atoms with Gasteiger partial charge in [0.25, 0.3) is 0 Å². The van der Waals surface area contributed by atoms with Crippen molar-refractivity contribution in [3.8, 4) is 17.2 Å². The van der Waals surface area contributed by atoms with Gasteiger partial charge in [0, 0.05) is 29.4 Å². The molecule has 0 aliphatic carbocycles. The van der Waals surface area contributed by atoms with Crippen LogP contribution in [0.2, 0.25) is 0 Å². The second-order valence-corrected chi connectivity index (χ2v) is 7.30. The molecule has 5 heteroatoms. The maximum atomic E-state index is 9.07. The van der Waals surface area contributed by atoms with Crippen molar-refractivity contribution < 1.29 is 0 Å². The second-order valence-electron chi connectivity index (χ2n) is 7.30. The van der Waals surface area contributed by atoms with Gasteiger partial charge in [-0.05, 0) is 50.8 Å². The second kappa shape index (κ2) is 6.70. The van der Waals surface area contributed by atoms with Gasteiger partial charge >= 0.3 is 0 Å². The van der Waals surface area contributed by atoms with Crippen molar-refractivity contribution in [1.29, 1.82) is 5.26 Å². The number of hydrogen-bond donors (Lipinski definition) is 0. The monoisotopic (exact) mass is 359 g/mol. The highest BCUT2D eigenvalue weighted by molar-refractivity contribution is 5.82. The lowest BCUT2D eigenvalue weighted by molar-refractivity contribution is 0.563. The third kappa shape index (κ3) is 2.68. The Labute approximate surface area is 160 Å². The van der Waals surface area contributed by atoms with E-state index in [-0.39, 0.29) is 0 Å². The summed E-state index contributed by atoms with van der Waals surface area (Å²) < 4.78 is 2.05. The van der Waals surface area contributed by atoms with Gasteiger partial charge in [0.2, 0.25) is 0 Å². The zero-order valence-corrected chi connectivity index (χ0v) is 16.5. The van der Waals surface area contributed by atoms with E-state index in [2.05, 4.69) is 36.3 Å². The molecule has 3 aromatic rings. The first-order valence-corrected chi connectivity index (χ1v) is 9.75. The van der Waals surface area contributed by atoms with Crippen molar-refractivity contribution in [2.24, 2.45) is 0 Å². The van der Waals surface area contributed by atoms with Crippen LogP contribution in [0.5, 0.6) is 0 Å². The van der Waals surface area contributed by atoms with Crippen LogP contribution >= 0.6 is 0 Å². The lowest BCUT2D eigenvalue weighted by Crippen LogP contribution is -2.34. The highest BCUT2D eigenvalue weighted by atomic mass is 15.4. The maximum Gasteiger partial charge on any atom is 0.165 e. The molecule has 1 aliphatic heterocycles. The summed E-state index contributed by atoms with van der Waals surface area (Å²) in [4.78, 5) is 7.46. The van der Waals surface area contributed by atoms with E-state index in [1.165, 1.54) is 11.4 Å². The molecule has 0 spiro atoms. The van der Waals surface area contributed by atoms with Crippen LogP contribution in [0.25, 0.3) is 16.8 Å². The van der Waals surface area contributed by atoms with Crippen LogP contribution in [-0.4, -0.2) is 27.2 Å². The Balaban J connectivity index is 1.95. The minimum absolute atomic E-state index is 0.527. The molecule has 0 saturated heterocycles. The van der Waals surface area contributed by atoms with E-state index in [9.17, 15) is 0 Å². The lowest BCUT2D eigenvalue weighted by atomic mass is 10.0. The largest absolute Gasteiger partial charge is 0.353 e. The highest BCUT2D eigenvalue weighted by Crippen LogP contribution is 2.37. The molecule has 0 unspecified atom stereocenters. The standard InChI is InChI=1S/C22H25N5/c1-5-18(6-2)26-12-11-19-14(3)24-21-20(15(4)25-27(21)22(19)26)17-9-7-16(13-23)8-10-17/h7-10,18H,5-6,11-12H2,1-4H3. The highest BCUT2D eigenvalue weighted by Gasteiger charge is 2.30. The molecule has 0 bridgehead atoms. The van der Waals surface area contributed by atoms with Gasteiger partial charge in [-0.3, -0.25) is 0 Å². The lowest BCUT2D eigenvalue weighted by Gasteiger charge is -2.28. The Bertz CT molecular complexity index is 1040. The molecule has 0 radical (unpaired) electrons. The molecule has 2 aromatic heterocycles. The molecule has 1 aliphatic rings. The number of fused-ring (bicyclic) bond motifs is 3. The molecule has 0 atom stereocenters. The van der Waals surface area contributed by atoms with Crippen molar-refractivity contribution >= 4 is 11.5 Å². The third-order valence-corrected chi connectivity index (χ3v) is 5.78. The quantitative estimate of drug-likeness (QED) is 0.691. The molecule has 4 rings (SSSR count). The van der Waals surface area contributed by atoms with Crippen molar-refractivity contribution in [1.82, 2.24) is 14.6 Å². The summed E-state index contributed by atoms with van der Waals surface area (Å²) in [5.41, 5.74) is 7.08. The Kier molecular flexibility index (Phi) is 4.35. The minimum atomic E-state index is 0.527. The summed E-state index contributed by atoms with van der Waals surface area (Å²) in [6.45, 7) is 9.71. The van der Waals surface area contributed by atoms with Crippen LogP contribution in [0.3, 0.4) is 0 Å². The van der Waals surface area contributed by atoms with Crippen LogP contribution in [0.15, 0.2) is 24.3 Å². The fraction of sp³-hybridized carbons (Fsp3) is 0.409. The molecule has 138 valence electrons. The van der Waals surface area contributed by atoms with E-state index in [0.717, 1.165) is 54.0 Å². The number of nitriles is 1. The number of anilines is 1. The van der Waals surface area contributed by atoms with Crippen LogP contribution < -0.4 is 4.90 Å². The van der Waals surface area contributed by atoms with E-state index < -0.39 is 0 Å². The molecular formula is C22H25N5. The molecule has 1 aromatic carbocycles. The number of aromatic nitrogens is 3. The average molecular weight is 359 g/mol. The number of aryl methyl sites for hydroxylation is 2. The molecule has 5 nitrogen and oxygen atoms in total. The molecule has 0 N–H and O–H groups in total. The summed E-state index contributed by atoms with van der Waals surface area (Å²) in [7, 11) is 0. The maximum absolute atomic E-state index is 9.07. The van der Waals surface area contributed by atoms with E-state index in [4.69, 9.17) is 15.3 Å². The van der Waals surface area contributed by atoms with Gasteiger partial charge in [-0.25, -0.2) is 4.98 Å². The SMILES string of the molecule is CCC(CC)N1CCc2c(C)nc3c(-c4ccc(C#N)cc4)c(C)nn3c21. The molecule has 0 saturated carbocycles. The van der Waals surface area contributed by atoms with Crippen molar-refractivity contribution in [3.63, 3.8) is 0 Å². The van der Waals surface area contributed by atoms with E-state index in [0.29, 0.717) is 11.6 Å². The van der Waals surface area contributed by atoms with E-state index >= 15 is 0 Å². The van der Waals surface area contributed by atoms with E-state index in [1.807, 2.05) is 31.2 Å². The first-order valence-electron chi connectivity index (χ1n) is 9.75. The van der Waals surface area contributed by atoms with Gasteiger partial charge in [-0.2, -0.15) is 14.9 Å². The smallest absolute Gasteiger partial charge is 0.165 e. The number of nitrogens with zero attached hydrogens (tertiary/aromatic N) is 5. The topological polar surface area (TPSA) is 57.2 Å². The Morgan fingerprint density at radius 2 is 1.81 bits per heavy atom. The van der Waals surface area contributed by atoms with Crippen LogP contribution in [0, 0.1) is 25.2 Å². The summed E-state index contributed by atoms with van der Waals surface area (Å²) in [6, 6.07) is 10.4. The van der Waals surface area contributed by atoms with E-state index in [1.54, 1.807) is 0 Å². The summed E-state index contributed by atoms with van der Waals surface area (Å²) in [5.74, 6) is 1.22. The van der Waals surface area contributed by atoms with Crippen molar-refractivity contribution in [2.75, 3.05) is 11.4 Å². The van der Waals surface area contributed by atoms with Gasteiger partial charge < -0.3 is 4.90 Å². The normalized spacial score (nSPS) is 13.4. The molecule has 0 fully saturated rings.